The molecule has 0 aromatic heterocycles. The number of carbonyl (C=O) groups excluding carboxylic acids is 8. The van der Waals surface area contributed by atoms with Gasteiger partial charge in [-0.3, -0.25) is 38.6 Å². The first kappa shape index (κ1) is 64.9. The van der Waals surface area contributed by atoms with Crippen LogP contribution < -0.4 is 21.3 Å². The molecular formula is C62H94N8O12. The standard InChI is InChI=1S/C62H94N8O12/c1-37(67(15)57(77)81-61(9,10)11)51(71)65-49(59(3,4)5)55(75)69-35-41(33-47(69)53(73)63-45-29-21-25-39-23-17-19-27-43(39)45)79-31-32-80-42-34-48(54(74)64-46-30-22-26-40-24-18-20-28-44(40)46)70(36-42)56(76)50(60(6,7)8)66-52(72)38(2)68(16)58(78)82-62(12,13)14/h17-20,23-24,27-28,37-38,41-42,45-50H,21-22,25-26,29-36H2,1-16H3,(H,63,73)(H,64,74)(H,65,71)(H,66,72)/t37-,38-,41-,42-,45+,46+,47-,48-,49+,50+/m0/s1. The number of aryl methyl sites for hydroxylation is 2. The zero-order valence-electron chi connectivity index (χ0n) is 51.6. The topological polar surface area (TPSA) is 235 Å². The Hall–Kier alpha value is -6.28. The van der Waals surface area contributed by atoms with E-state index in [2.05, 4.69) is 33.4 Å². The number of hydrogen-bond donors (Lipinski definition) is 4. The molecule has 0 saturated carbocycles. The molecule has 8 amide bonds. The average Bonchev–Trinajstić information content (AvgIpc) is 3.48. The first-order chi connectivity index (χ1) is 38.1. The third-order valence-electron chi connectivity index (χ3n) is 15.9. The molecule has 0 radical (unpaired) electrons. The highest BCUT2D eigenvalue weighted by molar-refractivity contribution is 5.96. The lowest BCUT2D eigenvalue weighted by Crippen LogP contribution is -2.60. The number of hydrogen-bond acceptors (Lipinski definition) is 12. The second-order valence-electron chi connectivity index (χ2n) is 26.9. The van der Waals surface area contributed by atoms with Gasteiger partial charge in [0.1, 0.15) is 47.5 Å². The predicted molar refractivity (Wildman–Crippen MR) is 310 cm³/mol. The third kappa shape index (κ3) is 16.7. The Bertz CT molecular complexity index is 2460. The fourth-order valence-electron chi connectivity index (χ4n) is 11.1. The lowest BCUT2D eigenvalue weighted by atomic mass is 9.85. The zero-order chi connectivity index (χ0) is 60.8. The number of nitrogens with zero attached hydrogens (tertiary/aromatic N) is 4. The van der Waals surface area contributed by atoms with Crippen LogP contribution in [0, 0.1) is 10.8 Å². The minimum atomic E-state index is -1.11. The highest BCUT2D eigenvalue weighted by atomic mass is 16.6. The number of amides is 8. The van der Waals surface area contributed by atoms with Crippen molar-refractivity contribution >= 4 is 47.6 Å². The highest BCUT2D eigenvalue weighted by Crippen LogP contribution is 2.35. The van der Waals surface area contributed by atoms with Gasteiger partial charge >= 0.3 is 12.2 Å². The Labute approximate surface area is 486 Å². The van der Waals surface area contributed by atoms with Gasteiger partial charge in [-0.25, -0.2) is 9.59 Å². The Morgan fingerprint density at radius 3 is 1.22 bits per heavy atom. The summed E-state index contributed by atoms with van der Waals surface area (Å²) >= 11 is 0. The minimum absolute atomic E-state index is 0.0261. The van der Waals surface area contributed by atoms with Crippen LogP contribution in [-0.2, 0) is 60.6 Å². The second-order valence-corrected chi connectivity index (χ2v) is 26.9. The monoisotopic (exact) mass is 1140 g/mol. The van der Waals surface area contributed by atoms with Gasteiger partial charge in [-0.2, -0.15) is 0 Å². The number of nitrogens with one attached hydrogen (secondary N) is 4. The van der Waals surface area contributed by atoms with E-state index in [1.165, 1.54) is 33.7 Å². The summed E-state index contributed by atoms with van der Waals surface area (Å²) in [7, 11) is 2.92. The Balaban J connectivity index is 1.19. The molecule has 2 aliphatic heterocycles. The number of rotatable bonds is 17. The van der Waals surface area contributed by atoms with Gasteiger partial charge in [-0.15, -0.1) is 0 Å². The van der Waals surface area contributed by atoms with Crippen molar-refractivity contribution in [2.75, 3.05) is 40.4 Å². The number of likely N-dealkylation sites (N-methyl/N-ethyl adjacent to an activating group) is 2. The molecule has 4 N–H and O–H groups in total. The van der Waals surface area contributed by atoms with Crippen LogP contribution in [0.2, 0.25) is 0 Å². The SMILES string of the molecule is C[C@@H](C(=O)N[C@H](C(=O)N1C[C@@H](OCCO[C@H]2C[C@@H](C(=O)N[C@@H]3CCCc4ccccc43)N(C(=O)[C@@H](NC(=O)[C@H](C)N(C)C(=O)OC(C)(C)C)C(C)(C)C)C2)C[C@H]1C(=O)N[C@@H]1CCCc2ccccc21)C(C)(C)C)N(C)C(=O)OC(C)(C)C. The van der Waals surface area contributed by atoms with Gasteiger partial charge in [0.2, 0.25) is 35.4 Å². The van der Waals surface area contributed by atoms with Crippen LogP contribution in [0.3, 0.4) is 0 Å². The van der Waals surface area contributed by atoms with Crippen LogP contribution in [0.4, 0.5) is 9.59 Å². The van der Waals surface area contributed by atoms with Crippen molar-refractivity contribution in [2.24, 2.45) is 10.8 Å². The van der Waals surface area contributed by atoms with Gasteiger partial charge in [0.05, 0.1) is 37.5 Å². The lowest BCUT2D eigenvalue weighted by Gasteiger charge is -2.37. The molecule has 10 atom stereocenters. The van der Waals surface area contributed by atoms with E-state index in [0.717, 1.165) is 60.8 Å². The van der Waals surface area contributed by atoms with Gasteiger partial charge in [0.25, 0.3) is 0 Å². The lowest BCUT2D eigenvalue weighted by molar-refractivity contribution is -0.145. The van der Waals surface area contributed by atoms with E-state index in [0.29, 0.717) is 0 Å². The summed E-state index contributed by atoms with van der Waals surface area (Å²) in [5.41, 5.74) is 1.11. The molecule has 4 aliphatic rings. The van der Waals surface area contributed by atoms with Crippen LogP contribution in [0.1, 0.15) is 170 Å². The molecule has 0 spiro atoms. The van der Waals surface area contributed by atoms with E-state index < -0.39 is 106 Å². The van der Waals surface area contributed by atoms with Gasteiger partial charge < -0.3 is 50.0 Å². The van der Waals surface area contributed by atoms with E-state index >= 15 is 0 Å². The molecule has 0 unspecified atom stereocenters. The Morgan fingerprint density at radius 1 is 0.549 bits per heavy atom. The summed E-state index contributed by atoms with van der Waals surface area (Å²) in [6.07, 6.45) is 2.66. The first-order valence-corrected chi connectivity index (χ1v) is 29.3. The number of ether oxygens (including phenoxy) is 4. The smallest absolute Gasteiger partial charge is 0.410 e. The molecule has 2 aliphatic carbocycles. The Morgan fingerprint density at radius 2 is 0.890 bits per heavy atom. The molecule has 2 aromatic carbocycles. The van der Waals surface area contributed by atoms with E-state index in [1.54, 1.807) is 55.4 Å². The normalized spacial score (nSPS) is 22.5. The van der Waals surface area contributed by atoms with Crippen LogP contribution in [0.15, 0.2) is 48.5 Å². The summed E-state index contributed by atoms with van der Waals surface area (Å²) in [4.78, 5) is 118. The predicted octanol–water partition coefficient (Wildman–Crippen LogP) is 6.92. The summed E-state index contributed by atoms with van der Waals surface area (Å²) in [5, 5.41) is 12.3. The minimum Gasteiger partial charge on any atom is -0.444 e. The van der Waals surface area contributed by atoms with E-state index in [1.807, 2.05) is 77.9 Å². The molecule has 454 valence electrons. The number of carbonyl (C=O) groups is 8. The van der Waals surface area contributed by atoms with Crippen molar-refractivity contribution in [2.45, 2.75) is 220 Å². The molecule has 2 aromatic rings. The number of likely N-dealkylation sites (tertiary alicyclic amines) is 2. The van der Waals surface area contributed by atoms with E-state index in [-0.39, 0.29) is 63.0 Å². The quantitative estimate of drug-likeness (QED) is 0.118. The zero-order valence-corrected chi connectivity index (χ0v) is 51.6. The van der Waals surface area contributed by atoms with Crippen molar-refractivity contribution in [3.05, 3.63) is 70.8 Å². The number of benzene rings is 2. The maximum absolute atomic E-state index is 15.0. The molecule has 0 bridgehead atoms. The van der Waals surface area contributed by atoms with Crippen LogP contribution in [0.25, 0.3) is 0 Å². The average molecular weight is 1140 g/mol. The van der Waals surface area contributed by atoms with Crippen molar-refractivity contribution < 1.29 is 57.3 Å². The van der Waals surface area contributed by atoms with Gasteiger partial charge in [0, 0.05) is 40.0 Å². The first-order valence-electron chi connectivity index (χ1n) is 29.3. The second kappa shape index (κ2) is 26.5. The third-order valence-corrected chi connectivity index (χ3v) is 15.9. The molecule has 20 heteroatoms. The molecule has 2 fully saturated rings. The molecule has 20 nitrogen and oxygen atoms in total. The molecule has 6 rings (SSSR count). The fraction of sp³-hybridized carbons (Fsp3) is 0.677. The van der Waals surface area contributed by atoms with Crippen molar-refractivity contribution in [3.8, 4) is 0 Å². The van der Waals surface area contributed by atoms with E-state index in [4.69, 9.17) is 18.9 Å². The van der Waals surface area contributed by atoms with Gasteiger partial charge in [-0.1, -0.05) is 90.1 Å². The van der Waals surface area contributed by atoms with Crippen LogP contribution in [0.5, 0.6) is 0 Å². The molecular weight excluding hydrogens is 1050 g/mol. The maximum Gasteiger partial charge on any atom is 0.410 e. The Kier molecular flexibility index (Phi) is 21.0. The van der Waals surface area contributed by atoms with Crippen molar-refractivity contribution in [1.29, 1.82) is 0 Å². The van der Waals surface area contributed by atoms with Gasteiger partial charge in [-0.05, 0) is 127 Å². The van der Waals surface area contributed by atoms with Crippen molar-refractivity contribution in [3.63, 3.8) is 0 Å². The summed E-state index contributed by atoms with van der Waals surface area (Å²) in [6.45, 7) is 24.5. The van der Waals surface area contributed by atoms with Crippen molar-refractivity contribution in [1.82, 2.24) is 40.9 Å². The number of fused-ring (bicyclic) bond motifs is 2. The molecule has 2 saturated heterocycles. The molecule has 82 heavy (non-hydrogen) atoms. The van der Waals surface area contributed by atoms with Crippen LogP contribution >= 0.6 is 0 Å². The maximum atomic E-state index is 15.0. The molecule has 2 heterocycles. The van der Waals surface area contributed by atoms with E-state index in [9.17, 15) is 38.4 Å². The van der Waals surface area contributed by atoms with Gasteiger partial charge in [0.15, 0.2) is 0 Å². The summed E-state index contributed by atoms with van der Waals surface area (Å²) in [5.74, 6) is -2.81. The summed E-state index contributed by atoms with van der Waals surface area (Å²) < 4.78 is 23.9. The largest absolute Gasteiger partial charge is 0.444 e. The highest BCUT2D eigenvalue weighted by Gasteiger charge is 2.49. The fourth-order valence-corrected chi connectivity index (χ4v) is 11.1. The summed E-state index contributed by atoms with van der Waals surface area (Å²) in [6, 6.07) is 9.34. The van der Waals surface area contributed by atoms with Crippen LogP contribution in [-0.4, -0.2) is 167 Å².